The van der Waals surface area contributed by atoms with Crippen LogP contribution in [-0.2, 0) is 9.78 Å². The first-order valence-corrected chi connectivity index (χ1v) is 7.68. The predicted molar refractivity (Wildman–Crippen MR) is 78.4 cm³/mol. The van der Waals surface area contributed by atoms with Gasteiger partial charge in [-0.25, -0.2) is 0 Å². The Kier molecular flexibility index (Phi) is 3.03. The number of hydrogen-bond donors (Lipinski definition) is 0. The van der Waals surface area contributed by atoms with E-state index in [-0.39, 0.29) is 27.4 Å². The van der Waals surface area contributed by atoms with E-state index in [0.29, 0.717) is 5.92 Å². The average Bonchev–Trinajstić information content (AvgIpc) is 2.75. The monoisotopic (exact) mass is 268 g/mol. The van der Waals surface area contributed by atoms with Crippen LogP contribution >= 0.6 is 0 Å². The van der Waals surface area contributed by atoms with E-state index in [0.717, 1.165) is 6.42 Å². The minimum absolute atomic E-state index is 0.00743. The van der Waals surface area contributed by atoms with Crippen LogP contribution in [0.15, 0.2) is 0 Å². The van der Waals surface area contributed by atoms with Crippen LogP contribution in [0.25, 0.3) is 0 Å². The summed E-state index contributed by atoms with van der Waals surface area (Å²) in [6.07, 6.45) is 2.25. The van der Waals surface area contributed by atoms with Crippen molar-refractivity contribution in [2.24, 2.45) is 27.6 Å². The molecule has 0 aromatic carbocycles. The van der Waals surface area contributed by atoms with Crippen LogP contribution in [0.2, 0.25) is 0 Å². The Labute approximate surface area is 119 Å². The molecule has 2 rings (SSSR count). The van der Waals surface area contributed by atoms with Gasteiger partial charge in [-0.2, -0.15) is 9.78 Å². The van der Waals surface area contributed by atoms with Crippen LogP contribution in [0.5, 0.6) is 0 Å². The molecule has 0 N–H and O–H groups in total. The first-order chi connectivity index (χ1) is 8.31. The Bertz CT molecular complexity index is 340. The molecule has 112 valence electrons. The lowest BCUT2D eigenvalue weighted by Crippen LogP contribution is -2.66. The lowest BCUT2D eigenvalue weighted by atomic mass is 9.37. The maximum Gasteiger partial charge on any atom is 0.241 e. The minimum atomic E-state index is -0.384. The molecule has 0 aromatic heterocycles. The van der Waals surface area contributed by atoms with E-state index in [4.69, 9.17) is 9.78 Å². The van der Waals surface area contributed by atoms with Crippen molar-refractivity contribution < 1.29 is 9.78 Å². The Balaban J connectivity index is 2.69. The SMILES string of the molecule is CC1CC(C)(C)C(C(C)(C)C)(C(C)(C)C)C2(C1)OO2. The van der Waals surface area contributed by atoms with Crippen LogP contribution in [0, 0.1) is 27.6 Å². The van der Waals surface area contributed by atoms with Gasteiger partial charge in [0.2, 0.25) is 5.79 Å². The fraction of sp³-hybridized carbons (Fsp3) is 1.00. The summed E-state index contributed by atoms with van der Waals surface area (Å²) in [5.41, 5.74) is 0.404. The van der Waals surface area contributed by atoms with Gasteiger partial charge >= 0.3 is 0 Å². The summed E-state index contributed by atoms with van der Waals surface area (Å²) in [7, 11) is 0. The van der Waals surface area contributed by atoms with Crippen molar-refractivity contribution in [1.29, 1.82) is 0 Å². The lowest BCUT2D eigenvalue weighted by molar-refractivity contribution is -0.221. The molecule has 1 saturated carbocycles. The van der Waals surface area contributed by atoms with E-state index in [1.165, 1.54) is 6.42 Å². The normalized spacial score (nSPS) is 32.4. The first kappa shape index (κ1) is 15.3. The molecule has 1 unspecified atom stereocenters. The number of hydrogen-bond acceptors (Lipinski definition) is 2. The van der Waals surface area contributed by atoms with Crippen molar-refractivity contribution in [1.82, 2.24) is 0 Å². The third-order valence-electron chi connectivity index (χ3n) is 5.60. The molecule has 0 amide bonds. The summed E-state index contributed by atoms with van der Waals surface area (Å²) in [6, 6.07) is 0. The molecular weight excluding hydrogens is 236 g/mol. The third kappa shape index (κ3) is 1.75. The van der Waals surface area contributed by atoms with Crippen LogP contribution in [0.4, 0.5) is 0 Å². The van der Waals surface area contributed by atoms with Crippen LogP contribution in [-0.4, -0.2) is 5.79 Å². The van der Waals surface area contributed by atoms with E-state index < -0.39 is 0 Å². The van der Waals surface area contributed by atoms with Gasteiger partial charge in [-0.3, -0.25) is 0 Å². The Morgan fingerprint density at radius 2 is 1.26 bits per heavy atom. The fourth-order valence-electron chi connectivity index (χ4n) is 6.77. The van der Waals surface area contributed by atoms with Crippen molar-refractivity contribution >= 4 is 0 Å². The zero-order valence-corrected chi connectivity index (χ0v) is 14.3. The van der Waals surface area contributed by atoms with Crippen molar-refractivity contribution in [2.75, 3.05) is 0 Å². The summed E-state index contributed by atoms with van der Waals surface area (Å²) >= 11 is 0. The molecule has 2 fully saturated rings. The molecular formula is C17H32O2. The Morgan fingerprint density at radius 3 is 1.58 bits per heavy atom. The van der Waals surface area contributed by atoms with Crippen LogP contribution in [0.3, 0.4) is 0 Å². The number of rotatable bonds is 0. The Morgan fingerprint density at radius 1 is 0.842 bits per heavy atom. The fourth-order valence-corrected chi connectivity index (χ4v) is 6.77. The topological polar surface area (TPSA) is 25.1 Å². The van der Waals surface area contributed by atoms with Crippen molar-refractivity contribution in [3.05, 3.63) is 0 Å². The van der Waals surface area contributed by atoms with Gasteiger partial charge in [0.1, 0.15) is 0 Å². The molecule has 0 aromatic rings. The molecule has 2 nitrogen and oxygen atoms in total. The first-order valence-electron chi connectivity index (χ1n) is 7.68. The molecule has 19 heavy (non-hydrogen) atoms. The standard InChI is InChI=1S/C17H32O2/c1-12-10-15(8,9)17(13(2,3)4,14(5,6)7)16(11-12)18-19-16/h12H,10-11H2,1-9H3. The highest BCUT2D eigenvalue weighted by atomic mass is 17.4. The zero-order valence-electron chi connectivity index (χ0n) is 14.3. The average molecular weight is 268 g/mol. The van der Waals surface area contributed by atoms with Gasteiger partial charge in [0, 0.05) is 11.8 Å². The highest BCUT2D eigenvalue weighted by molar-refractivity contribution is 5.18. The molecule has 2 aliphatic rings. The maximum absolute atomic E-state index is 5.71. The second kappa shape index (κ2) is 3.76. The van der Waals surface area contributed by atoms with Gasteiger partial charge < -0.3 is 0 Å². The maximum atomic E-state index is 5.71. The van der Waals surface area contributed by atoms with Gasteiger partial charge in [-0.1, -0.05) is 62.3 Å². The molecule has 1 aliphatic heterocycles. The van der Waals surface area contributed by atoms with Gasteiger partial charge in [-0.05, 0) is 28.6 Å². The molecule has 1 aliphatic carbocycles. The smallest absolute Gasteiger partial charge is 0.194 e. The van der Waals surface area contributed by atoms with E-state index >= 15 is 0 Å². The van der Waals surface area contributed by atoms with E-state index in [1.54, 1.807) is 0 Å². The van der Waals surface area contributed by atoms with E-state index in [2.05, 4.69) is 62.3 Å². The van der Waals surface area contributed by atoms with Gasteiger partial charge in [-0.15, -0.1) is 0 Å². The zero-order chi connectivity index (χ0) is 14.9. The molecule has 2 heteroatoms. The Hall–Kier alpha value is -0.0800. The summed E-state index contributed by atoms with van der Waals surface area (Å²) < 4.78 is 0. The molecule has 0 bridgehead atoms. The summed E-state index contributed by atoms with van der Waals surface area (Å²) in [4.78, 5) is 11.4. The van der Waals surface area contributed by atoms with Crippen LogP contribution < -0.4 is 0 Å². The van der Waals surface area contributed by atoms with Gasteiger partial charge in [0.15, 0.2) is 0 Å². The molecule has 0 radical (unpaired) electrons. The second-order valence-electron chi connectivity index (χ2n) is 9.57. The molecule has 1 atom stereocenters. The van der Waals surface area contributed by atoms with Crippen molar-refractivity contribution in [3.8, 4) is 0 Å². The van der Waals surface area contributed by atoms with E-state index in [1.807, 2.05) is 0 Å². The lowest BCUT2D eigenvalue weighted by Gasteiger charge is -2.65. The second-order valence-corrected chi connectivity index (χ2v) is 9.57. The van der Waals surface area contributed by atoms with Gasteiger partial charge in [0.25, 0.3) is 0 Å². The van der Waals surface area contributed by atoms with Crippen LogP contribution in [0.1, 0.15) is 75.2 Å². The highest BCUT2D eigenvalue weighted by Gasteiger charge is 2.79. The highest BCUT2D eigenvalue weighted by Crippen LogP contribution is 2.76. The summed E-state index contributed by atoms with van der Waals surface area (Å²) in [5, 5.41) is 0. The predicted octanol–water partition coefficient (Wildman–Crippen LogP) is 5.18. The largest absolute Gasteiger partial charge is 0.241 e. The van der Waals surface area contributed by atoms with E-state index in [9.17, 15) is 0 Å². The molecule has 1 saturated heterocycles. The molecule has 1 spiro atoms. The minimum Gasteiger partial charge on any atom is -0.194 e. The molecule has 1 heterocycles. The van der Waals surface area contributed by atoms with Crippen molar-refractivity contribution in [3.63, 3.8) is 0 Å². The summed E-state index contributed by atoms with van der Waals surface area (Å²) in [5.74, 6) is 0.264. The third-order valence-corrected chi connectivity index (χ3v) is 5.60. The quantitative estimate of drug-likeness (QED) is 0.447. The van der Waals surface area contributed by atoms with Crippen molar-refractivity contribution in [2.45, 2.75) is 80.9 Å². The van der Waals surface area contributed by atoms with Gasteiger partial charge in [0.05, 0.1) is 0 Å². The summed E-state index contributed by atoms with van der Waals surface area (Å²) in [6.45, 7) is 21.2.